The molecule has 0 unspecified atom stereocenters. The first-order chi connectivity index (χ1) is 12.3. The quantitative estimate of drug-likeness (QED) is 0.500. The number of thioether (sulfide) groups is 1. The number of rotatable bonds is 5. The van der Waals surface area contributed by atoms with Crippen LogP contribution in [0.1, 0.15) is 5.56 Å². The molecule has 0 radical (unpaired) electrons. The van der Waals surface area contributed by atoms with Gasteiger partial charge in [-0.25, -0.2) is 9.97 Å². The number of carboxylic acids is 1. The summed E-state index contributed by atoms with van der Waals surface area (Å²) in [6.45, 7) is 0. The van der Waals surface area contributed by atoms with E-state index in [4.69, 9.17) is 5.11 Å². The normalized spacial score (nSPS) is 11.5. The highest BCUT2D eigenvalue weighted by Crippen LogP contribution is 2.32. The van der Waals surface area contributed by atoms with E-state index in [9.17, 15) is 18.0 Å². The minimum Gasteiger partial charge on any atom is -0.481 e. The van der Waals surface area contributed by atoms with E-state index in [0.717, 1.165) is 23.9 Å². The summed E-state index contributed by atoms with van der Waals surface area (Å²) in [5.74, 6) is -1.09. The van der Waals surface area contributed by atoms with E-state index < -0.39 is 17.7 Å². The van der Waals surface area contributed by atoms with Crippen molar-refractivity contribution in [2.45, 2.75) is 11.2 Å². The SMILES string of the molecule is O=C(O)CSc1nc(Nc2cccc(C(F)(F)F)c2)nc2ccccc12. The molecule has 26 heavy (non-hydrogen) atoms. The van der Waals surface area contributed by atoms with Crippen LogP contribution in [0.5, 0.6) is 0 Å². The lowest BCUT2D eigenvalue weighted by atomic mass is 10.2. The van der Waals surface area contributed by atoms with E-state index in [1.807, 2.05) is 0 Å². The van der Waals surface area contributed by atoms with Crippen LogP contribution in [0.3, 0.4) is 0 Å². The highest BCUT2D eigenvalue weighted by atomic mass is 32.2. The van der Waals surface area contributed by atoms with Crippen LogP contribution in [0.4, 0.5) is 24.8 Å². The number of nitrogens with zero attached hydrogens (tertiary/aromatic N) is 2. The minimum absolute atomic E-state index is 0.0934. The van der Waals surface area contributed by atoms with Gasteiger partial charge in [0.05, 0.1) is 16.8 Å². The first-order valence-corrected chi connectivity index (χ1v) is 8.37. The van der Waals surface area contributed by atoms with Crippen LogP contribution in [-0.2, 0) is 11.0 Å². The van der Waals surface area contributed by atoms with Crippen molar-refractivity contribution in [2.75, 3.05) is 11.1 Å². The zero-order valence-electron chi connectivity index (χ0n) is 13.1. The lowest BCUT2D eigenvalue weighted by Crippen LogP contribution is -2.06. The first kappa shape index (κ1) is 18.0. The highest BCUT2D eigenvalue weighted by molar-refractivity contribution is 8.00. The van der Waals surface area contributed by atoms with Gasteiger partial charge < -0.3 is 10.4 Å². The second-order valence-corrected chi connectivity index (χ2v) is 6.22. The number of carboxylic acid groups (broad SMARTS) is 1. The molecule has 0 saturated carbocycles. The summed E-state index contributed by atoms with van der Waals surface area (Å²) >= 11 is 1.02. The first-order valence-electron chi connectivity index (χ1n) is 7.38. The Morgan fingerprint density at radius 1 is 1.12 bits per heavy atom. The summed E-state index contributed by atoms with van der Waals surface area (Å²) in [7, 11) is 0. The van der Waals surface area contributed by atoms with Crippen LogP contribution < -0.4 is 5.32 Å². The number of anilines is 2. The van der Waals surface area contributed by atoms with Gasteiger partial charge in [0.2, 0.25) is 5.95 Å². The summed E-state index contributed by atoms with van der Waals surface area (Å²) in [6, 6.07) is 11.7. The Morgan fingerprint density at radius 2 is 1.88 bits per heavy atom. The van der Waals surface area contributed by atoms with Crippen molar-refractivity contribution in [3.8, 4) is 0 Å². The molecule has 2 aromatic carbocycles. The van der Waals surface area contributed by atoms with Gasteiger partial charge in [0.25, 0.3) is 0 Å². The number of fused-ring (bicyclic) bond motifs is 1. The van der Waals surface area contributed by atoms with E-state index in [2.05, 4.69) is 15.3 Å². The molecular weight excluding hydrogens is 367 g/mol. The summed E-state index contributed by atoms with van der Waals surface area (Å²) in [4.78, 5) is 19.4. The average molecular weight is 379 g/mol. The molecule has 0 fully saturated rings. The van der Waals surface area contributed by atoms with E-state index >= 15 is 0 Å². The third-order valence-electron chi connectivity index (χ3n) is 3.35. The highest BCUT2D eigenvalue weighted by Gasteiger charge is 2.30. The van der Waals surface area contributed by atoms with E-state index in [1.54, 1.807) is 24.3 Å². The van der Waals surface area contributed by atoms with Gasteiger partial charge in [0, 0.05) is 11.1 Å². The van der Waals surface area contributed by atoms with Crippen LogP contribution >= 0.6 is 11.8 Å². The Bertz CT molecular complexity index is 963. The number of aliphatic carboxylic acids is 1. The maximum Gasteiger partial charge on any atom is 0.416 e. The van der Waals surface area contributed by atoms with Crippen LogP contribution in [0.25, 0.3) is 10.9 Å². The molecule has 134 valence electrons. The Balaban J connectivity index is 1.96. The lowest BCUT2D eigenvalue weighted by molar-refractivity contribution is -0.137. The third-order valence-corrected chi connectivity index (χ3v) is 4.32. The topological polar surface area (TPSA) is 75.1 Å². The largest absolute Gasteiger partial charge is 0.481 e. The van der Waals surface area contributed by atoms with E-state index in [1.165, 1.54) is 12.1 Å². The number of carbonyl (C=O) groups is 1. The van der Waals surface area contributed by atoms with Crippen molar-refractivity contribution in [1.82, 2.24) is 9.97 Å². The average Bonchev–Trinajstić information content (AvgIpc) is 2.59. The molecule has 5 nitrogen and oxygen atoms in total. The van der Waals surface area contributed by atoms with Crippen molar-refractivity contribution < 1.29 is 23.1 Å². The number of hydrogen-bond donors (Lipinski definition) is 2. The maximum absolute atomic E-state index is 12.8. The maximum atomic E-state index is 12.8. The summed E-state index contributed by atoms with van der Waals surface area (Å²) < 4.78 is 38.5. The monoisotopic (exact) mass is 379 g/mol. The molecule has 0 amide bonds. The van der Waals surface area contributed by atoms with Crippen LogP contribution in [0, 0.1) is 0 Å². The van der Waals surface area contributed by atoms with E-state index in [-0.39, 0.29) is 17.4 Å². The van der Waals surface area contributed by atoms with Gasteiger partial charge >= 0.3 is 12.1 Å². The Morgan fingerprint density at radius 3 is 2.62 bits per heavy atom. The van der Waals surface area contributed by atoms with Crippen LogP contribution in [0.2, 0.25) is 0 Å². The summed E-state index contributed by atoms with van der Waals surface area (Å²) in [5, 5.41) is 12.7. The lowest BCUT2D eigenvalue weighted by Gasteiger charge is -2.11. The fourth-order valence-electron chi connectivity index (χ4n) is 2.25. The molecule has 0 aliphatic heterocycles. The molecule has 0 spiro atoms. The molecule has 0 aliphatic carbocycles. The van der Waals surface area contributed by atoms with Gasteiger partial charge in [0.1, 0.15) is 5.03 Å². The standard InChI is InChI=1S/C17H12F3N3O2S/c18-17(19,20)10-4-3-5-11(8-10)21-16-22-13-7-2-1-6-12(13)15(23-16)26-9-14(24)25/h1-8H,9H2,(H,24,25)(H,21,22,23). The fraction of sp³-hybridized carbons (Fsp3) is 0.118. The van der Waals surface area contributed by atoms with Crippen LogP contribution in [0.15, 0.2) is 53.6 Å². The van der Waals surface area contributed by atoms with Crippen molar-refractivity contribution >= 4 is 40.3 Å². The minimum atomic E-state index is -4.45. The molecule has 3 rings (SSSR count). The Hall–Kier alpha value is -2.81. The predicted molar refractivity (Wildman–Crippen MR) is 92.6 cm³/mol. The number of alkyl halides is 3. The van der Waals surface area contributed by atoms with Crippen molar-refractivity contribution in [3.63, 3.8) is 0 Å². The zero-order chi connectivity index (χ0) is 18.7. The summed E-state index contributed by atoms with van der Waals surface area (Å²) in [5.41, 5.74) is -0.0436. The van der Waals surface area contributed by atoms with Gasteiger partial charge in [-0.1, -0.05) is 36.0 Å². The molecule has 3 aromatic rings. The van der Waals surface area contributed by atoms with E-state index in [0.29, 0.717) is 15.9 Å². The Labute approximate surface area is 150 Å². The molecule has 0 saturated heterocycles. The van der Waals surface area contributed by atoms with Crippen LogP contribution in [-0.4, -0.2) is 26.8 Å². The molecule has 9 heteroatoms. The number of benzene rings is 2. The van der Waals surface area contributed by atoms with Gasteiger partial charge in [0.15, 0.2) is 0 Å². The summed E-state index contributed by atoms with van der Waals surface area (Å²) in [6.07, 6.45) is -4.45. The second kappa shape index (κ2) is 7.20. The zero-order valence-corrected chi connectivity index (χ0v) is 13.9. The number of nitrogens with one attached hydrogen (secondary N) is 1. The predicted octanol–water partition coefficient (Wildman–Crippen LogP) is 4.57. The molecular formula is C17H12F3N3O2S. The van der Waals surface area contributed by atoms with Crippen molar-refractivity contribution in [1.29, 1.82) is 0 Å². The fourth-order valence-corrected chi connectivity index (χ4v) is 2.99. The second-order valence-electron chi connectivity index (χ2n) is 5.26. The molecule has 0 atom stereocenters. The molecule has 2 N–H and O–H groups in total. The molecule has 0 aliphatic rings. The molecule has 1 heterocycles. The smallest absolute Gasteiger partial charge is 0.416 e. The third kappa shape index (κ3) is 4.23. The Kier molecular flexibility index (Phi) is 4.99. The number of hydrogen-bond acceptors (Lipinski definition) is 5. The van der Waals surface area contributed by atoms with Gasteiger partial charge in [-0.15, -0.1) is 0 Å². The van der Waals surface area contributed by atoms with Gasteiger partial charge in [-0.3, -0.25) is 4.79 Å². The number of aromatic nitrogens is 2. The molecule has 1 aromatic heterocycles. The van der Waals surface area contributed by atoms with Gasteiger partial charge in [-0.2, -0.15) is 13.2 Å². The van der Waals surface area contributed by atoms with Crippen molar-refractivity contribution in [2.24, 2.45) is 0 Å². The number of halogens is 3. The van der Waals surface area contributed by atoms with Gasteiger partial charge in [-0.05, 0) is 24.3 Å². The number of para-hydroxylation sites is 1. The molecule has 0 bridgehead atoms. The van der Waals surface area contributed by atoms with Crippen molar-refractivity contribution in [3.05, 3.63) is 54.1 Å².